The molecule has 1 aromatic carbocycles. The minimum atomic E-state index is -0.905. The van der Waals surface area contributed by atoms with Crippen molar-refractivity contribution in [1.29, 1.82) is 0 Å². The summed E-state index contributed by atoms with van der Waals surface area (Å²) in [5.74, 6) is 1.43. The fourth-order valence-corrected chi connectivity index (χ4v) is 3.79. The third-order valence-electron chi connectivity index (χ3n) is 6.08. The molecule has 0 aliphatic rings. The summed E-state index contributed by atoms with van der Waals surface area (Å²) in [5, 5.41) is 10.7. The summed E-state index contributed by atoms with van der Waals surface area (Å²) in [6, 6.07) is 5.25. The van der Waals surface area contributed by atoms with Gasteiger partial charge in [0.15, 0.2) is 11.5 Å². The van der Waals surface area contributed by atoms with Gasteiger partial charge in [0.25, 0.3) is 0 Å². The molecule has 1 aromatic rings. The van der Waals surface area contributed by atoms with Crippen LogP contribution in [0.3, 0.4) is 0 Å². The van der Waals surface area contributed by atoms with Crippen LogP contribution in [-0.2, 0) is 53.5 Å². The van der Waals surface area contributed by atoms with Crippen molar-refractivity contribution in [2.75, 3.05) is 27.4 Å². The second-order valence-corrected chi connectivity index (χ2v) is 9.18. The van der Waals surface area contributed by atoms with Gasteiger partial charge in [0.05, 0.1) is 25.9 Å². The van der Waals surface area contributed by atoms with Crippen molar-refractivity contribution in [2.24, 2.45) is 28.7 Å². The van der Waals surface area contributed by atoms with Crippen molar-refractivity contribution < 1.29 is 61.6 Å². The van der Waals surface area contributed by atoms with Gasteiger partial charge in [-0.3, -0.25) is 6.29 Å². The van der Waals surface area contributed by atoms with Crippen molar-refractivity contribution in [3.63, 3.8) is 0 Å². The molecule has 7 nitrogen and oxygen atoms in total. The first-order valence-electron chi connectivity index (χ1n) is 11.7. The molecule has 0 bridgehead atoms. The molecule has 0 spiro atoms. The average molecular weight is 552 g/mol. The Hall–Kier alpha value is -1.11. The quantitative estimate of drug-likeness (QED) is 0.135. The molecule has 0 saturated heterocycles. The van der Waals surface area contributed by atoms with E-state index >= 15 is 0 Å². The van der Waals surface area contributed by atoms with Crippen molar-refractivity contribution in [1.82, 2.24) is 0 Å². The Kier molecular flexibility index (Phi) is 17.6. The fraction of sp³-hybridized carbons (Fsp3) is 0.692. The van der Waals surface area contributed by atoms with Gasteiger partial charge < -0.3 is 24.1 Å². The Balaban J connectivity index is 0.0000109. The van der Waals surface area contributed by atoms with E-state index in [9.17, 15) is 14.7 Å². The van der Waals surface area contributed by atoms with Gasteiger partial charge >= 0.3 is 0 Å². The average Bonchev–Trinajstić information content (AvgIpc) is 2.79. The Morgan fingerprint density at radius 2 is 1.76 bits per heavy atom. The molecule has 1 radical (unpaired) electrons. The van der Waals surface area contributed by atoms with Crippen LogP contribution in [0.1, 0.15) is 52.5 Å². The van der Waals surface area contributed by atoms with Crippen LogP contribution in [0.4, 0.5) is 0 Å². The number of aliphatic hydroxyl groups excluding tert-OH is 1. The van der Waals surface area contributed by atoms with E-state index in [1.54, 1.807) is 20.3 Å². The van der Waals surface area contributed by atoms with Gasteiger partial charge in [-0.1, -0.05) is 39.7 Å². The summed E-state index contributed by atoms with van der Waals surface area (Å²) < 4.78 is 16.4. The number of aliphatic hydroxyl groups is 1. The molecule has 0 amide bonds. The molecule has 0 heterocycles. The molecule has 0 aliphatic carbocycles. The van der Waals surface area contributed by atoms with E-state index in [0.29, 0.717) is 31.1 Å². The Bertz CT molecular complexity index is 751. The Morgan fingerprint density at radius 1 is 1.06 bits per heavy atom. The maximum Gasteiger partial charge on any atom is 0.235 e. The monoisotopic (exact) mass is 551 g/mol. The molecule has 4 atom stereocenters. The number of rotatable bonds is 17. The number of methoxy groups -OCH3 is 2. The van der Waals surface area contributed by atoms with E-state index in [-0.39, 0.29) is 56.9 Å². The predicted molar refractivity (Wildman–Crippen MR) is 128 cm³/mol. The SMILES string of the molecule is COCCCOc1cc(C[C@@H](C[C@H](N=C=O)[C@@H](O)C[C@H]([C-]=O)C(C)C)C(C)C)ccc1OC.[Y]. The van der Waals surface area contributed by atoms with E-state index in [1.807, 2.05) is 38.3 Å². The minimum absolute atomic E-state index is 0. The second kappa shape index (κ2) is 18.2. The zero-order valence-electron chi connectivity index (χ0n) is 21.5. The predicted octanol–water partition coefficient (Wildman–Crippen LogP) is 4.15. The zero-order valence-corrected chi connectivity index (χ0v) is 24.3. The number of hydrogen-bond donors (Lipinski definition) is 1. The van der Waals surface area contributed by atoms with Crippen molar-refractivity contribution in [2.45, 2.75) is 65.5 Å². The normalized spacial score (nSPS) is 14.5. The molecular formula is C26H40NO6Y-. The van der Waals surface area contributed by atoms with Crippen LogP contribution in [0.5, 0.6) is 11.5 Å². The molecular weight excluding hydrogens is 511 g/mol. The van der Waals surface area contributed by atoms with Gasteiger partial charge in [0.2, 0.25) is 6.08 Å². The molecule has 8 heteroatoms. The maximum atomic E-state index is 11.3. The second-order valence-electron chi connectivity index (χ2n) is 9.18. The van der Waals surface area contributed by atoms with Gasteiger partial charge in [0, 0.05) is 52.8 Å². The van der Waals surface area contributed by atoms with Crippen LogP contribution in [0, 0.1) is 23.7 Å². The summed E-state index contributed by atoms with van der Waals surface area (Å²) in [4.78, 5) is 26.2. The van der Waals surface area contributed by atoms with E-state index in [0.717, 1.165) is 18.4 Å². The Labute approximate surface area is 229 Å². The van der Waals surface area contributed by atoms with Crippen LogP contribution in [0.2, 0.25) is 0 Å². The molecule has 0 aromatic heterocycles. The summed E-state index contributed by atoms with van der Waals surface area (Å²) in [5.41, 5.74) is 1.07. The van der Waals surface area contributed by atoms with E-state index in [1.165, 1.54) is 0 Å². The fourth-order valence-electron chi connectivity index (χ4n) is 3.79. The Morgan fingerprint density at radius 3 is 2.29 bits per heavy atom. The van der Waals surface area contributed by atoms with Crippen LogP contribution in [0.25, 0.3) is 0 Å². The number of hydrogen-bond acceptors (Lipinski definition) is 7. The van der Waals surface area contributed by atoms with E-state index in [2.05, 4.69) is 18.8 Å². The first kappa shape index (κ1) is 32.9. The van der Waals surface area contributed by atoms with Gasteiger partial charge in [0.1, 0.15) is 0 Å². The number of ether oxygens (including phenoxy) is 3. The standard InChI is InChI=1S/C26H40NO6.Y/c1-18(2)21(14-23(27-17-29)24(30)15-22(16-28)19(3)4)12-20-8-9-25(32-6)26(13-20)33-11-7-10-31-5;/h8-9,13,18-19,21-24,30H,7,10-12,14-15H2,1-6H3;/q-1;/t21-,22+,23-,24-;/m0./s1. The molecule has 0 fully saturated rings. The van der Waals surface area contributed by atoms with Crippen LogP contribution < -0.4 is 9.47 Å². The molecule has 1 rings (SSSR count). The van der Waals surface area contributed by atoms with Crippen molar-refractivity contribution >= 4 is 12.4 Å². The van der Waals surface area contributed by atoms with Gasteiger partial charge in [-0.05, 0) is 48.8 Å². The summed E-state index contributed by atoms with van der Waals surface area (Å²) in [6.45, 7) is 9.19. The van der Waals surface area contributed by atoms with Crippen LogP contribution >= 0.6 is 0 Å². The molecule has 1 N–H and O–H groups in total. The number of carbonyl (C=O) groups excluding carboxylic acids is 2. The summed E-state index contributed by atoms with van der Waals surface area (Å²) in [7, 11) is 3.27. The third-order valence-corrected chi connectivity index (χ3v) is 6.08. The largest absolute Gasteiger partial charge is 0.542 e. The smallest absolute Gasteiger partial charge is 0.235 e. The number of aliphatic imine (C=N–C) groups is 1. The molecule has 0 aliphatic heterocycles. The number of isocyanates is 1. The maximum absolute atomic E-state index is 11.3. The first-order valence-corrected chi connectivity index (χ1v) is 11.7. The number of nitrogens with zero attached hydrogens (tertiary/aromatic N) is 1. The molecule has 0 saturated carbocycles. The van der Waals surface area contributed by atoms with Gasteiger partial charge in [-0.15, -0.1) is 5.92 Å². The summed E-state index contributed by atoms with van der Waals surface area (Å²) >= 11 is 0. The van der Waals surface area contributed by atoms with Crippen molar-refractivity contribution in [3.8, 4) is 11.5 Å². The summed E-state index contributed by atoms with van der Waals surface area (Å²) in [6.07, 6.45) is 4.93. The molecule has 189 valence electrons. The van der Waals surface area contributed by atoms with Crippen LogP contribution in [0.15, 0.2) is 23.2 Å². The molecule has 34 heavy (non-hydrogen) atoms. The minimum Gasteiger partial charge on any atom is -0.542 e. The van der Waals surface area contributed by atoms with Crippen LogP contribution in [-0.4, -0.2) is 57.1 Å². The third kappa shape index (κ3) is 11.5. The number of benzene rings is 1. The van der Waals surface area contributed by atoms with Gasteiger partial charge in [-0.25, -0.2) is 4.79 Å². The zero-order chi connectivity index (χ0) is 24.8. The van der Waals surface area contributed by atoms with E-state index in [4.69, 9.17) is 14.2 Å². The van der Waals surface area contributed by atoms with Gasteiger partial charge in [-0.2, -0.15) is 4.99 Å². The molecule has 0 unspecified atom stereocenters. The van der Waals surface area contributed by atoms with E-state index < -0.39 is 18.1 Å². The van der Waals surface area contributed by atoms with Crippen molar-refractivity contribution in [3.05, 3.63) is 23.8 Å². The topological polar surface area (TPSA) is 94.4 Å². The first-order chi connectivity index (χ1) is 15.8.